The highest BCUT2D eigenvalue weighted by atomic mass is 79.9. The van der Waals surface area contributed by atoms with Crippen molar-refractivity contribution in [2.24, 2.45) is 0 Å². The van der Waals surface area contributed by atoms with Crippen LogP contribution in [0.2, 0.25) is 0 Å². The van der Waals surface area contributed by atoms with E-state index in [4.69, 9.17) is 0 Å². The molecule has 0 aliphatic carbocycles. The average Bonchev–Trinajstić information content (AvgIpc) is 2.33. The lowest BCUT2D eigenvalue weighted by molar-refractivity contribution is 1.10. The van der Waals surface area contributed by atoms with Crippen LogP contribution in [0.1, 0.15) is 6.92 Å². The van der Waals surface area contributed by atoms with Crippen molar-refractivity contribution in [3.8, 4) is 11.4 Å². The molecule has 0 unspecified atom stereocenters. The predicted octanol–water partition coefficient (Wildman–Crippen LogP) is 4.10. The number of benzene rings is 1. The Morgan fingerprint density at radius 2 is 1.94 bits per heavy atom. The molecular weight excluding hydrogens is 346 g/mol. The molecule has 0 fully saturated rings. The lowest BCUT2D eigenvalue weighted by Gasteiger charge is -2.08. The number of halogens is 2. The molecule has 17 heavy (non-hydrogen) atoms. The summed E-state index contributed by atoms with van der Waals surface area (Å²) in [5, 5.41) is 3.19. The fourth-order valence-electron chi connectivity index (χ4n) is 1.43. The molecule has 0 saturated heterocycles. The molecule has 0 atom stereocenters. The molecule has 5 heteroatoms. The molecule has 3 nitrogen and oxygen atoms in total. The van der Waals surface area contributed by atoms with E-state index in [1.807, 2.05) is 31.2 Å². The second-order valence-electron chi connectivity index (χ2n) is 3.40. The molecular formula is C12H11Br2N3. The molecule has 88 valence electrons. The van der Waals surface area contributed by atoms with Crippen molar-refractivity contribution in [1.29, 1.82) is 0 Å². The normalized spacial score (nSPS) is 10.3. The first-order valence-corrected chi connectivity index (χ1v) is 6.82. The van der Waals surface area contributed by atoms with Gasteiger partial charge in [-0.1, -0.05) is 34.1 Å². The summed E-state index contributed by atoms with van der Waals surface area (Å²) in [4.78, 5) is 8.82. The first-order valence-electron chi connectivity index (χ1n) is 5.23. The highest BCUT2D eigenvalue weighted by molar-refractivity contribution is 9.11. The van der Waals surface area contributed by atoms with Crippen LogP contribution in [0, 0.1) is 0 Å². The van der Waals surface area contributed by atoms with Crippen LogP contribution in [0.25, 0.3) is 11.4 Å². The Hall–Kier alpha value is -0.940. The standard InChI is InChI=1S/C12H11Br2N3/c1-2-15-12-10(14)7-16-11(17-12)8-5-3-4-6-9(8)13/h3-7H,2H2,1H3,(H,15,16,17). The van der Waals surface area contributed by atoms with Gasteiger partial charge in [-0.2, -0.15) is 0 Å². The molecule has 0 aliphatic heterocycles. The topological polar surface area (TPSA) is 37.8 Å². The molecule has 0 amide bonds. The number of nitrogens with zero attached hydrogens (tertiary/aromatic N) is 2. The Bertz CT molecular complexity index is 529. The van der Waals surface area contributed by atoms with Crippen molar-refractivity contribution < 1.29 is 0 Å². The molecule has 2 rings (SSSR count). The maximum atomic E-state index is 4.49. The molecule has 1 aromatic carbocycles. The molecule has 0 bridgehead atoms. The first-order chi connectivity index (χ1) is 8.22. The van der Waals surface area contributed by atoms with Gasteiger partial charge in [0.25, 0.3) is 0 Å². The van der Waals surface area contributed by atoms with Crippen LogP contribution >= 0.6 is 31.9 Å². The maximum Gasteiger partial charge on any atom is 0.162 e. The van der Waals surface area contributed by atoms with E-state index in [9.17, 15) is 0 Å². The molecule has 1 aromatic heterocycles. The van der Waals surface area contributed by atoms with E-state index in [0.717, 1.165) is 26.9 Å². The summed E-state index contributed by atoms with van der Waals surface area (Å²) in [6.07, 6.45) is 1.76. The predicted molar refractivity (Wildman–Crippen MR) is 77.0 cm³/mol. The second kappa shape index (κ2) is 5.60. The van der Waals surface area contributed by atoms with Crippen LogP contribution in [0.5, 0.6) is 0 Å². The summed E-state index contributed by atoms with van der Waals surface area (Å²) in [7, 11) is 0. The van der Waals surface area contributed by atoms with E-state index < -0.39 is 0 Å². The van der Waals surface area contributed by atoms with Crippen molar-refractivity contribution in [3.63, 3.8) is 0 Å². The van der Waals surface area contributed by atoms with Gasteiger partial charge >= 0.3 is 0 Å². The van der Waals surface area contributed by atoms with Crippen molar-refractivity contribution >= 4 is 37.7 Å². The van der Waals surface area contributed by atoms with E-state index >= 15 is 0 Å². The summed E-state index contributed by atoms with van der Waals surface area (Å²) in [5.41, 5.74) is 0.985. The van der Waals surface area contributed by atoms with Gasteiger partial charge in [-0.25, -0.2) is 9.97 Å². The fourth-order valence-corrected chi connectivity index (χ4v) is 2.22. The average molecular weight is 357 g/mol. The lowest BCUT2D eigenvalue weighted by atomic mass is 10.2. The number of nitrogens with one attached hydrogen (secondary N) is 1. The van der Waals surface area contributed by atoms with Gasteiger partial charge in [0.1, 0.15) is 5.82 Å². The molecule has 1 heterocycles. The molecule has 0 radical (unpaired) electrons. The molecule has 0 saturated carbocycles. The van der Waals surface area contributed by atoms with Crippen molar-refractivity contribution in [1.82, 2.24) is 9.97 Å². The maximum absolute atomic E-state index is 4.49. The van der Waals surface area contributed by atoms with Gasteiger partial charge in [-0.3, -0.25) is 0 Å². The zero-order valence-corrected chi connectivity index (χ0v) is 12.4. The summed E-state index contributed by atoms with van der Waals surface area (Å²) in [5.74, 6) is 1.52. The van der Waals surface area contributed by atoms with E-state index in [1.165, 1.54) is 0 Å². The summed E-state index contributed by atoms with van der Waals surface area (Å²) >= 11 is 6.93. The summed E-state index contributed by atoms with van der Waals surface area (Å²) in [6.45, 7) is 2.86. The second-order valence-corrected chi connectivity index (χ2v) is 5.11. The van der Waals surface area contributed by atoms with Gasteiger partial charge in [0.15, 0.2) is 5.82 Å². The Labute approximate surface area is 117 Å². The lowest BCUT2D eigenvalue weighted by Crippen LogP contribution is -2.02. The molecule has 0 spiro atoms. The fraction of sp³-hybridized carbons (Fsp3) is 0.167. The van der Waals surface area contributed by atoms with Crippen LogP contribution in [-0.2, 0) is 0 Å². The Morgan fingerprint density at radius 3 is 2.65 bits per heavy atom. The van der Waals surface area contributed by atoms with Crippen molar-refractivity contribution in [2.75, 3.05) is 11.9 Å². The Morgan fingerprint density at radius 1 is 1.18 bits per heavy atom. The zero-order valence-electron chi connectivity index (χ0n) is 9.24. The van der Waals surface area contributed by atoms with Crippen LogP contribution in [0.15, 0.2) is 39.4 Å². The first kappa shape index (κ1) is 12.5. The van der Waals surface area contributed by atoms with Crippen LogP contribution in [0.4, 0.5) is 5.82 Å². The van der Waals surface area contributed by atoms with E-state index in [0.29, 0.717) is 5.82 Å². The quantitative estimate of drug-likeness (QED) is 0.899. The zero-order chi connectivity index (χ0) is 12.3. The number of hydrogen-bond acceptors (Lipinski definition) is 3. The van der Waals surface area contributed by atoms with E-state index in [-0.39, 0.29) is 0 Å². The highest BCUT2D eigenvalue weighted by Crippen LogP contribution is 2.28. The van der Waals surface area contributed by atoms with Gasteiger partial charge in [0, 0.05) is 22.8 Å². The number of aromatic nitrogens is 2. The van der Waals surface area contributed by atoms with E-state index in [1.54, 1.807) is 6.20 Å². The van der Waals surface area contributed by atoms with Gasteiger partial charge in [-0.15, -0.1) is 0 Å². The third kappa shape index (κ3) is 2.84. The smallest absolute Gasteiger partial charge is 0.162 e. The van der Waals surface area contributed by atoms with Crippen LogP contribution < -0.4 is 5.32 Å². The van der Waals surface area contributed by atoms with Crippen LogP contribution in [-0.4, -0.2) is 16.5 Å². The highest BCUT2D eigenvalue weighted by Gasteiger charge is 2.08. The van der Waals surface area contributed by atoms with E-state index in [2.05, 4.69) is 47.1 Å². The number of anilines is 1. The van der Waals surface area contributed by atoms with Gasteiger partial charge in [0.05, 0.1) is 4.47 Å². The third-order valence-corrected chi connectivity index (χ3v) is 3.47. The SMILES string of the molecule is CCNc1nc(-c2ccccc2Br)ncc1Br. The Balaban J connectivity index is 2.46. The minimum Gasteiger partial charge on any atom is -0.369 e. The molecule has 1 N–H and O–H groups in total. The minimum atomic E-state index is 0.705. The van der Waals surface area contributed by atoms with Crippen molar-refractivity contribution in [3.05, 3.63) is 39.4 Å². The van der Waals surface area contributed by atoms with Gasteiger partial charge < -0.3 is 5.32 Å². The number of hydrogen-bond donors (Lipinski definition) is 1. The van der Waals surface area contributed by atoms with Crippen LogP contribution in [0.3, 0.4) is 0 Å². The Kier molecular flexibility index (Phi) is 4.12. The minimum absolute atomic E-state index is 0.705. The molecule has 2 aromatic rings. The monoisotopic (exact) mass is 355 g/mol. The largest absolute Gasteiger partial charge is 0.369 e. The summed E-state index contributed by atoms with van der Waals surface area (Å²) in [6, 6.07) is 7.91. The van der Waals surface area contributed by atoms with Crippen molar-refractivity contribution in [2.45, 2.75) is 6.92 Å². The third-order valence-electron chi connectivity index (χ3n) is 2.20. The molecule has 0 aliphatic rings. The number of rotatable bonds is 3. The van der Waals surface area contributed by atoms with Gasteiger partial charge in [0.2, 0.25) is 0 Å². The summed E-state index contributed by atoms with van der Waals surface area (Å²) < 4.78 is 1.86. The van der Waals surface area contributed by atoms with Gasteiger partial charge in [-0.05, 0) is 28.9 Å².